The molecule has 0 aliphatic rings. The highest BCUT2D eigenvalue weighted by molar-refractivity contribution is 8.00. The summed E-state index contributed by atoms with van der Waals surface area (Å²) < 4.78 is 15.1. The highest BCUT2D eigenvalue weighted by Gasteiger charge is 2.18. The van der Waals surface area contributed by atoms with Gasteiger partial charge in [-0.05, 0) is 59.5 Å². The van der Waals surface area contributed by atoms with Crippen LogP contribution in [0.5, 0.6) is 11.5 Å². The predicted octanol–water partition coefficient (Wildman–Crippen LogP) is 8.69. The van der Waals surface area contributed by atoms with Gasteiger partial charge >= 0.3 is 0 Å². The third-order valence-electron chi connectivity index (χ3n) is 7.61. The number of carbonyl (C=O) groups is 1. The van der Waals surface area contributed by atoms with Gasteiger partial charge in [-0.1, -0.05) is 74.6 Å². The Kier molecular flexibility index (Phi) is 10.7. The molecule has 0 saturated carbocycles. The molecular formula is C36H34N6O5S3. The number of thiazole rings is 1. The second-order valence-corrected chi connectivity index (χ2v) is 15.4. The topological polar surface area (TPSA) is 134 Å². The summed E-state index contributed by atoms with van der Waals surface area (Å²) in [6.45, 7) is 6.72. The number of benzene rings is 4. The van der Waals surface area contributed by atoms with E-state index in [0.29, 0.717) is 33.7 Å². The number of hydrogen-bond acceptors (Lipinski definition) is 11. The Morgan fingerprint density at radius 3 is 2.48 bits per heavy atom. The number of hydrogen-bond donors (Lipinski definition) is 1. The zero-order chi connectivity index (χ0) is 35.3. The fourth-order valence-corrected chi connectivity index (χ4v) is 7.88. The van der Waals surface area contributed by atoms with E-state index in [0.717, 1.165) is 26.0 Å². The molecule has 0 aliphatic carbocycles. The van der Waals surface area contributed by atoms with Crippen LogP contribution in [0.15, 0.2) is 100 Å². The molecule has 6 aromatic rings. The molecule has 256 valence electrons. The number of non-ortho nitro benzene ring substituents is 1. The maximum Gasteiger partial charge on any atom is 0.270 e. The lowest BCUT2D eigenvalue weighted by Gasteiger charge is -2.19. The molecular weight excluding hydrogens is 693 g/mol. The normalized spacial score (nSPS) is 11.4. The zero-order valence-corrected chi connectivity index (χ0v) is 30.2. The van der Waals surface area contributed by atoms with Crippen molar-refractivity contribution in [2.75, 3.05) is 18.2 Å². The second-order valence-electron chi connectivity index (χ2n) is 12.2. The molecule has 6 rings (SSSR count). The van der Waals surface area contributed by atoms with Crippen LogP contribution in [0.1, 0.15) is 37.7 Å². The number of nitrogens with zero attached hydrogens (tertiary/aromatic N) is 5. The van der Waals surface area contributed by atoms with Crippen molar-refractivity contribution in [3.63, 3.8) is 0 Å². The van der Waals surface area contributed by atoms with Crippen molar-refractivity contribution in [3.05, 3.63) is 118 Å². The molecule has 0 spiro atoms. The molecule has 0 radical (unpaired) electrons. The number of nitro benzene ring substituents is 1. The first-order valence-corrected chi connectivity index (χ1v) is 18.4. The predicted molar refractivity (Wildman–Crippen MR) is 199 cm³/mol. The smallest absolute Gasteiger partial charge is 0.270 e. The summed E-state index contributed by atoms with van der Waals surface area (Å²) in [7, 11) is 1.54. The summed E-state index contributed by atoms with van der Waals surface area (Å²) in [5.74, 6) is 2.32. The quantitative estimate of drug-likeness (QED) is 0.0700. The lowest BCUT2D eigenvalue weighted by Crippen LogP contribution is -2.14. The van der Waals surface area contributed by atoms with Gasteiger partial charge in [0.2, 0.25) is 5.91 Å². The Labute approximate surface area is 301 Å². The number of carbonyl (C=O) groups excluding carboxylic acids is 1. The summed E-state index contributed by atoms with van der Waals surface area (Å²) >= 11 is 4.25. The van der Waals surface area contributed by atoms with Crippen molar-refractivity contribution >= 4 is 62.4 Å². The Morgan fingerprint density at radius 1 is 0.980 bits per heavy atom. The van der Waals surface area contributed by atoms with E-state index in [4.69, 9.17) is 9.47 Å². The van der Waals surface area contributed by atoms with Crippen molar-refractivity contribution in [2.24, 2.45) is 0 Å². The third kappa shape index (κ3) is 8.44. The summed E-state index contributed by atoms with van der Waals surface area (Å²) in [5, 5.41) is 23.6. The molecule has 0 saturated heterocycles. The minimum absolute atomic E-state index is 0.0109. The average Bonchev–Trinajstić information content (AvgIpc) is 3.72. The number of anilines is 1. The fraction of sp³-hybridized carbons (Fsp3) is 0.222. The molecule has 14 heteroatoms. The minimum Gasteiger partial charge on any atom is -0.496 e. The van der Waals surface area contributed by atoms with Gasteiger partial charge in [0.15, 0.2) is 15.3 Å². The van der Waals surface area contributed by atoms with Crippen molar-refractivity contribution in [1.82, 2.24) is 19.7 Å². The Bertz CT molecular complexity index is 2130. The van der Waals surface area contributed by atoms with E-state index < -0.39 is 4.92 Å². The van der Waals surface area contributed by atoms with E-state index in [1.807, 2.05) is 65.2 Å². The molecule has 0 fully saturated rings. The first kappa shape index (κ1) is 34.9. The Morgan fingerprint density at radius 2 is 1.76 bits per heavy atom. The van der Waals surface area contributed by atoms with Gasteiger partial charge in [0.05, 0.1) is 28.0 Å². The monoisotopic (exact) mass is 726 g/mol. The van der Waals surface area contributed by atoms with Crippen LogP contribution in [0, 0.1) is 10.1 Å². The van der Waals surface area contributed by atoms with Crippen LogP contribution in [0.2, 0.25) is 0 Å². The van der Waals surface area contributed by atoms with E-state index in [1.54, 1.807) is 6.07 Å². The lowest BCUT2D eigenvalue weighted by atomic mass is 9.87. The molecule has 0 atom stereocenters. The van der Waals surface area contributed by atoms with Crippen LogP contribution in [0.25, 0.3) is 15.9 Å². The summed E-state index contributed by atoms with van der Waals surface area (Å²) in [6.07, 6.45) is 0. The number of nitro groups is 1. The Balaban J connectivity index is 1.09. The molecule has 4 aromatic carbocycles. The molecule has 50 heavy (non-hydrogen) atoms. The van der Waals surface area contributed by atoms with E-state index in [-0.39, 0.29) is 29.4 Å². The van der Waals surface area contributed by atoms with Crippen LogP contribution in [-0.2, 0) is 22.6 Å². The number of methoxy groups -OCH3 is 1. The first-order valence-electron chi connectivity index (χ1n) is 15.6. The van der Waals surface area contributed by atoms with Gasteiger partial charge < -0.3 is 14.8 Å². The van der Waals surface area contributed by atoms with Crippen molar-refractivity contribution < 1.29 is 19.2 Å². The average molecular weight is 727 g/mol. The van der Waals surface area contributed by atoms with Gasteiger partial charge in [-0.25, -0.2) is 4.98 Å². The van der Waals surface area contributed by atoms with E-state index in [1.165, 1.54) is 59.7 Å². The number of ether oxygens (including phenoxy) is 2. The van der Waals surface area contributed by atoms with Crippen LogP contribution in [0.4, 0.5) is 11.4 Å². The van der Waals surface area contributed by atoms with Crippen molar-refractivity contribution in [3.8, 4) is 17.2 Å². The van der Waals surface area contributed by atoms with Crippen molar-refractivity contribution in [2.45, 2.75) is 48.0 Å². The number of fused-ring (bicyclic) bond motifs is 1. The van der Waals surface area contributed by atoms with Crippen LogP contribution < -0.4 is 14.8 Å². The molecule has 2 heterocycles. The van der Waals surface area contributed by atoms with Gasteiger partial charge in [0.25, 0.3) is 5.69 Å². The fourth-order valence-electron chi connectivity index (χ4n) is 5.02. The molecule has 1 N–H and O–H groups in total. The van der Waals surface area contributed by atoms with Gasteiger partial charge in [0, 0.05) is 34.8 Å². The van der Waals surface area contributed by atoms with E-state index >= 15 is 0 Å². The van der Waals surface area contributed by atoms with Gasteiger partial charge in [-0.2, -0.15) is 0 Å². The number of rotatable bonds is 13. The van der Waals surface area contributed by atoms with Gasteiger partial charge in [0.1, 0.15) is 18.1 Å². The number of thioether (sulfide) groups is 2. The summed E-state index contributed by atoms with van der Waals surface area (Å²) in [4.78, 5) is 28.6. The van der Waals surface area contributed by atoms with Gasteiger partial charge in [-0.15, -0.1) is 21.5 Å². The zero-order valence-electron chi connectivity index (χ0n) is 27.8. The standard InChI is InChI=1S/C36H34N6O5S3/c1-36(2,3)24-10-14-28(15-11-24)47-20-32-39-40-34(41(32)26-8-6-5-7-9-26)48-22-33(43)37-25-12-16-29-31(19-25)50-35(38-29)49-21-23-18-27(42(44)45)13-17-30(23)46-4/h5-19H,20-22H2,1-4H3,(H,37,43). The molecule has 1 amide bonds. The summed E-state index contributed by atoms with van der Waals surface area (Å²) in [6, 6.07) is 27.9. The molecule has 0 bridgehead atoms. The second kappa shape index (κ2) is 15.3. The van der Waals surface area contributed by atoms with Crippen LogP contribution in [0.3, 0.4) is 0 Å². The third-order valence-corrected chi connectivity index (χ3v) is 10.8. The minimum atomic E-state index is -0.422. The van der Waals surface area contributed by atoms with Crippen LogP contribution in [-0.4, -0.2) is 43.4 Å². The molecule has 0 unspecified atom stereocenters. The number of aromatic nitrogens is 4. The number of para-hydroxylation sites is 1. The van der Waals surface area contributed by atoms with E-state index in [2.05, 4.69) is 53.4 Å². The SMILES string of the molecule is COc1ccc([N+](=O)[O-])cc1CSc1nc2ccc(NC(=O)CSc3nnc(COc4ccc(C(C)(C)C)cc4)n3-c3ccccc3)cc2s1. The van der Waals surface area contributed by atoms with Crippen molar-refractivity contribution in [1.29, 1.82) is 0 Å². The highest BCUT2D eigenvalue weighted by Crippen LogP contribution is 2.36. The highest BCUT2D eigenvalue weighted by atomic mass is 32.2. The molecule has 11 nitrogen and oxygen atoms in total. The lowest BCUT2D eigenvalue weighted by molar-refractivity contribution is -0.384. The number of nitrogens with one attached hydrogen (secondary N) is 1. The van der Waals surface area contributed by atoms with E-state index in [9.17, 15) is 14.9 Å². The molecule has 2 aromatic heterocycles. The Hall–Kier alpha value is -4.92. The molecule has 0 aliphatic heterocycles. The summed E-state index contributed by atoms with van der Waals surface area (Å²) in [5.41, 5.74) is 4.32. The first-order chi connectivity index (χ1) is 24.1. The largest absolute Gasteiger partial charge is 0.496 e. The maximum atomic E-state index is 13.1. The number of amides is 1. The van der Waals surface area contributed by atoms with Crippen LogP contribution >= 0.6 is 34.9 Å². The maximum absolute atomic E-state index is 13.1. The van der Waals surface area contributed by atoms with Gasteiger partial charge in [-0.3, -0.25) is 19.5 Å².